The van der Waals surface area contributed by atoms with Crippen LogP contribution in [0, 0.1) is 23.0 Å². The second-order valence-electron chi connectivity index (χ2n) is 4.50. The summed E-state index contributed by atoms with van der Waals surface area (Å²) in [5, 5.41) is 11.2. The Morgan fingerprint density at radius 2 is 1.86 bits per heavy atom. The molecule has 0 saturated carbocycles. The van der Waals surface area contributed by atoms with Crippen molar-refractivity contribution in [3.63, 3.8) is 0 Å². The molecule has 0 spiro atoms. The third kappa shape index (κ3) is 4.11. The van der Waals surface area contributed by atoms with E-state index in [1.54, 1.807) is 0 Å². The van der Waals surface area contributed by atoms with E-state index in [1.807, 2.05) is 6.07 Å². The molecule has 0 aromatic heterocycles. The average molecular weight is 286 g/mol. The van der Waals surface area contributed by atoms with Crippen LogP contribution in [0.2, 0.25) is 0 Å². The maximum absolute atomic E-state index is 13.6. The SMILES string of the molecule is N#Cc1ccc(CNC(=O)Cc2ccc(F)cc2)c(F)c1. The van der Waals surface area contributed by atoms with Crippen molar-refractivity contribution in [1.29, 1.82) is 5.26 Å². The molecule has 106 valence electrons. The summed E-state index contributed by atoms with van der Waals surface area (Å²) in [6.45, 7) is 0.0393. The molecule has 0 aliphatic rings. The van der Waals surface area contributed by atoms with Crippen LogP contribution in [-0.2, 0) is 17.8 Å². The van der Waals surface area contributed by atoms with Crippen molar-refractivity contribution in [2.75, 3.05) is 0 Å². The van der Waals surface area contributed by atoms with Gasteiger partial charge in [-0.1, -0.05) is 18.2 Å². The predicted molar refractivity (Wildman–Crippen MR) is 73.1 cm³/mol. The van der Waals surface area contributed by atoms with Gasteiger partial charge in [0.25, 0.3) is 0 Å². The molecule has 0 aliphatic carbocycles. The summed E-state index contributed by atoms with van der Waals surface area (Å²) in [6, 6.07) is 11.5. The van der Waals surface area contributed by atoms with Crippen LogP contribution < -0.4 is 5.32 Å². The van der Waals surface area contributed by atoms with E-state index in [0.29, 0.717) is 11.1 Å². The number of amides is 1. The summed E-state index contributed by atoms with van der Waals surface area (Å²) in [4.78, 5) is 11.7. The molecule has 0 saturated heterocycles. The van der Waals surface area contributed by atoms with Gasteiger partial charge in [0.2, 0.25) is 5.91 Å². The normalized spacial score (nSPS) is 9.95. The first kappa shape index (κ1) is 14.7. The fraction of sp³-hybridized carbons (Fsp3) is 0.125. The highest BCUT2D eigenvalue weighted by molar-refractivity contribution is 5.78. The first-order valence-corrected chi connectivity index (χ1v) is 6.28. The summed E-state index contributed by atoms with van der Waals surface area (Å²) in [5.74, 6) is -1.18. The Morgan fingerprint density at radius 1 is 1.14 bits per heavy atom. The van der Waals surface area contributed by atoms with Gasteiger partial charge in [0.05, 0.1) is 18.1 Å². The van der Waals surface area contributed by atoms with Gasteiger partial charge in [-0.25, -0.2) is 8.78 Å². The van der Waals surface area contributed by atoms with Gasteiger partial charge >= 0.3 is 0 Å². The number of hydrogen-bond donors (Lipinski definition) is 1. The number of hydrogen-bond acceptors (Lipinski definition) is 2. The zero-order valence-electron chi connectivity index (χ0n) is 11.1. The van der Waals surface area contributed by atoms with Gasteiger partial charge in [-0.05, 0) is 29.8 Å². The van der Waals surface area contributed by atoms with Crippen LogP contribution in [0.1, 0.15) is 16.7 Å². The van der Waals surface area contributed by atoms with E-state index in [0.717, 1.165) is 6.07 Å². The fourth-order valence-corrected chi connectivity index (χ4v) is 1.80. The lowest BCUT2D eigenvalue weighted by molar-refractivity contribution is -0.120. The third-order valence-electron chi connectivity index (χ3n) is 2.94. The van der Waals surface area contributed by atoms with Crippen LogP contribution in [0.25, 0.3) is 0 Å². The van der Waals surface area contributed by atoms with E-state index in [2.05, 4.69) is 5.32 Å². The zero-order chi connectivity index (χ0) is 15.2. The van der Waals surface area contributed by atoms with Crippen molar-refractivity contribution in [2.45, 2.75) is 13.0 Å². The van der Waals surface area contributed by atoms with E-state index >= 15 is 0 Å². The molecule has 1 N–H and O–H groups in total. The lowest BCUT2D eigenvalue weighted by Crippen LogP contribution is -2.25. The molecule has 0 bridgehead atoms. The van der Waals surface area contributed by atoms with E-state index in [1.165, 1.54) is 36.4 Å². The number of rotatable bonds is 4. The molecule has 0 heterocycles. The molecule has 2 rings (SSSR count). The smallest absolute Gasteiger partial charge is 0.224 e. The zero-order valence-corrected chi connectivity index (χ0v) is 11.1. The van der Waals surface area contributed by atoms with Crippen molar-refractivity contribution in [3.05, 3.63) is 70.8 Å². The Bertz CT molecular complexity index is 690. The third-order valence-corrected chi connectivity index (χ3v) is 2.94. The van der Waals surface area contributed by atoms with Crippen molar-refractivity contribution in [2.24, 2.45) is 0 Å². The molecule has 3 nitrogen and oxygen atoms in total. The number of nitriles is 1. The highest BCUT2D eigenvalue weighted by atomic mass is 19.1. The monoisotopic (exact) mass is 286 g/mol. The topological polar surface area (TPSA) is 52.9 Å². The van der Waals surface area contributed by atoms with E-state index in [9.17, 15) is 13.6 Å². The molecule has 1 amide bonds. The van der Waals surface area contributed by atoms with Crippen molar-refractivity contribution >= 4 is 5.91 Å². The highest BCUT2D eigenvalue weighted by Gasteiger charge is 2.07. The van der Waals surface area contributed by atoms with Crippen LogP contribution in [0.3, 0.4) is 0 Å². The molecule has 0 unspecified atom stereocenters. The molecule has 2 aromatic carbocycles. The maximum Gasteiger partial charge on any atom is 0.224 e. The molecule has 0 fully saturated rings. The molecule has 0 aliphatic heterocycles. The number of benzene rings is 2. The van der Waals surface area contributed by atoms with Gasteiger partial charge in [0.15, 0.2) is 0 Å². The van der Waals surface area contributed by atoms with E-state index in [4.69, 9.17) is 5.26 Å². The van der Waals surface area contributed by atoms with Crippen molar-refractivity contribution in [3.8, 4) is 6.07 Å². The minimum Gasteiger partial charge on any atom is -0.352 e. The number of carbonyl (C=O) groups excluding carboxylic acids is 1. The Balaban J connectivity index is 1.92. The second kappa shape index (κ2) is 6.62. The van der Waals surface area contributed by atoms with E-state index in [-0.39, 0.29) is 30.3 Å². The quantitative estimate of drug-likeness (QED) is 0.939. The molecule has 0 radical (unpaired) electrons. The number of nitrogens with zero attached hydrogens (tertiary/aromatic N) is 1. The van der Waals surface area contributed by atoms with Crippen molar-refractivity contribution in [1.82, 2.24) is 5.32 Å². The summed E-state index contributed by atoms with van der Waals surface area (Å²) in [6.07, 6.45) is 0.0954. The first-order chi connectivity index (χ1) is 10.1. The Morgan fingerprint density at radius 3 is 2.48 bits per heavy atom. The minimum atomic E-state index is -0.531. The minimum absolute atomic E-state index is 0.0393. The van der Waals surface area contributed by atoms with Gasteiger partial charge in [0, 0.05) is 12.1 Å². The van der Waals surface area contributed by atoms with Gasteiger partial charge in [-0.2, -0.15) is 5.26 Å². The summed E-state index contributed by atoms with van der Waals surface area (Å²) in [7, 11) is 0. The van der Waals surface area contributed by atoms with Crippen LogP contribution in [0.15, 0.2) is 42.5 Å². The molecule has 2 aromatic rings. The lowest BCUT2D eigenvalue weighted by Gasteiger charge is -2.07. The van der Waals surface area contributed by atoms with Crippen LogP contribution in [0.4, 0.5) is 8.78 Å². The predicted octanol–water partition coefficient (Wildman–Crippen LogP) is 2.70. The summed E-state index contributed by atoms with van der Waals surface area (Å²) in [5.41, 5.74) is 1.21. The Hall–Kier alpha value is -2.74. The standard InChI is InChI=1S/C16H12F2N2O/c17-14-5-2-11(3-6-14)8-16(21)20-10-13-4-1-12(9-19)7-15(13)18/h1-7H,8,10H2,(H,20,21). The molecule has 21 heavy (non-hydrogen) atoms. The van der Waals surface area contributed by atoms with Gasteiger partial charge < -0.3 is 5.32 Å². The molecular weight excluding hydrogens is 274 g/mol. The summed E-state index contributed by atoms with van der Waals surface area (Å²) < 4.78 is 26.3. The lowest BCUT2D eigenvalue weighted by atomic mass is 10.1. The molecular formula is C16H12F2N2O. The largest absolute Gasteiger partial charge is 0.352 e. The average Bonchev–Trinajstić information content (AvgIpc) is 2.48. The second-order valence-corrected chi connectivity index (χ2v) is 4.50. The van der Waals surface area contributed by atoms with Crippen LogP contribution in [0.5, 0.6) is 0 Å². The fourth-order valence-electron chi connectivity index (χ4n) is 1.80. The maximum atomic E-state index is 13.6. The van der Waals surface area contributed by atoms with Gasteiger partial charge in [0.1, 0.15) is 11.6 Å². The number of nitrogens with one attached hydrogen (secondary N) is 1. The van der Waals surface area contributed by atoms with Crippen LogP contribution in [-0.4, -0.2) is 5.91 Å². The Kier molecular flexibility index (Phi) is 4.62. The highest BCUT2D eigenvalue weighted by Crippen LogP contribution is 2.10. The molecule has 5 heteroatoms. The molecule has 0 atom stereocenters. The Labute approximate surface area is 120 Å². The van der Waals surface area contributed by atoms with Gasteiger partial charge in [-0.3, -0.25) is 4.79 Å². The summed E-state index contributed by atoms with van der Waals surface area (Å²) >= 11 is 0. The number of carbonyl (C=O) groups is 1. The van der Waals surface area contributed by atoms with E-state index < -0.39 is 5.82 Å². The van der Waals surface area contributed by atoms with Crippen molar-refractivity contribution < 1.29 is 13.6 Å². The number of halogens is 2. The first-order valence-electron chi connectivity index (χ1n) is 6.28. The van der Waals surface area contributed by atoms with Gasteiger partial charge in [-0.15, -0.1) is 0 Å². The van der Waals surface area contributed by atoms with Crippen LogP contribution >= 0.6 is 0 Å².